The highest BCUT2D eigenvalue weighted by Gasteiger charge is 2.61. The minimum absolute atomic E-state index is 0.0573. The molecule has 0 radical (unpaired) electrons. The SMILES string of the molecule is CCc1cc([C@@H](C)Nc2ccc(Cl)nc2C(=O)O)c2nc3n(c(=O)c2c1)CCC31CC(F)(F)C1. The summed E-state index contributed by atoms with van der Waals surface area (Å²) in [4.78, 5) is 33.8. The molecule has 1 atom stereocenters. The third-order valence-electron chi connectivity index (χ3n) is 6.94. The number of hydrogen-bond acceptors (Lipinski definition) is 5. The Bertz CT molecular complexity index is 1400. The number of carboxylic acids is 1. The number of pyridine rings is 1. The van der Waals surface area contributed by atoms with Gasteiger partial charge in [-0.2, -0.15) is 0 Å². The van der Waals surface area contributed by atoms with Gasteiger partial charge in [0.1, 0.15) is 11.0 Å². The summed E-state index contributed by atoms with van der Waals surface area (Å²) in [5.41, 5.74) is 1.11. The van der Waals surface area contributed by atoms with Crippen LogP contribution in [0.15, 0.2) is 29.1 Å². The number of nitrogens with zero attached hydrogens (tertiary/aromatic N) is 3. The van der Waals surface area contributed by atoms with Crippen LogP contribution in [0.5, 0.6) is 0 Å². The first-order valence-corrected chi connectivity index (χ1v) is 11.5. The van der Waals surface area contributed by atoms with Gasteiger partial charge in [0.2, 0.25) is 5.92 Å². The topological polar surface area (TPSA) is 97.1 Å². The molecule has 2 N–H and O–H groups in total. The summed E-state index contributed by atoms with van der Waals surface area (Å²) in [6, 6.07) is 6.30. The fourth-order valence-corrected chi connectivity index (χ4v) is 5.45. The second kappa shape index (κ2) is 7.73. The van der Waals surface area contributed by atoms with Gasteiger partial charge in [-0.3, -0.25) is 9.36 Å². The lowest BCUT2D eigenvalue weighted by Gasteiger charge is -2.43. The third kappa shape index (κ3) is 3.53. The molecule has 1 fully saturated rings. The predicted molar refractivity (Wildman–Crippen MR) is 124 cm³/mol. The van der Waals surface area contributed by atoms with Crippen LogP contribution in [0.2, 0.25) is 5.15 Å². The van der Waals surface area contributed by atoms with Crippen molar-refractivity contribution in [1.29, 1.82) is 0 Å². The Morgan fingerprint density at radius 2 is 2.03 bits per heavy atom. The van der Waals surface area contributed by atoms with Crippen LogP contribution in [0, 0.1) is 0 Å². The molecule has 3 aromatic rings. The molecule has 7 nitrogen and oxygen atoms in total. The third-order valence-corrected chi connectivity index (χ3v) is 7.15. The lowest BCUT2D eigenvalue weighted by Crippen LogP contribution is -2.49. The fourth-order valence-electron chi connectivity index (χ4n) is 5.30. The summed E-state index contributed by atoms with van der Waals surface area (Å²) in [7, 11) is 0. The standard InChI is InChI=1S/C24H23ClF2N4O3/c1-3-13-8-14(12(2)28-16-4-5-17(25)29-19(16)21(33)34)18-15(9-13)20(32)31-7-6-23(22(31)30-18)10-24(26,27)11-23/h4-5,8-9,12,28H,3,6-7,10-11H2,1-2H3,(H,33,34)/t12-/m1/s1. The fraction of sp³-hybridized carbons (Fsp3) is 0.417. The van der Waals surface area contributed by atoms with Crippen LogP contribution in [0.4, 0.5) is 14.5 Å². The Morgan fingerprint density at radius 3 is 2.68 bits per heavy atom. The number of anilines is 1. The molecule has 1 spiro atoms. The van der Waals surface area contributed by atoms with E-state index >= 15 is 0 Å². The summed E-state index contributed by atoms with van der Waals surface area (Å²) in [6.45, 7) is 4.18. The average Bonchev–Trinajstić information content (AvgIpc) is 3.12. The van der Waals surface area contributed by atoms with Crippen molar-refractivity contribution in [3.63, 3.8) is 0 Å². The number of fused-ring (bicyclic) bond motifs is 3. The van der Waals surface area contributed by atoms with E-state index in [2.05, 4.69) is 10.3 Å². The predicted octanol–water partition coefficient (Wildman–Crippen LogP) is 4.95. The number of rotatable bonds is 5. The summed E-state index contributed by atoms with van der Waals surface area (Å²) < 4.78 is 29.2. The van der Waals surface area contributed by atoms with Crippen molar-refractivity contribution in [2.24, 2.45) is 0 Å². The van der Waals surface area contributed by atoms with E-state index in [9.17, 15) is 23.5 Å². The lowest BCUT2D eigenvalue weighted by molar-refractivity contribution is -0.127. The van der Waals surface area contributed by atoms with E-state index in [1.165, 1.54) is 12.1 Å². The highest BCUT2D eigenvalue weighted by atomic mass is 35.5. The van der Waals surface area contributed by atoms with Crippen molar-refractivity contribution in [2.75, 3.05) is 5.32 Å². The van der Waals surface area contributed by atoms with E-state index < -0.39 is 23.3 Å². The molecule has 0 saturated heterocycles. The van der Waals surface area contributed by atoms with Crippen molar-refractivity contribution >= 4 is 34.2 Å². The van der Waals surface area contributed by atoms with E-state index in [0.29, 0.717) is 41.7 Å². The first-order chi connectivity index (χ1) is 16.0. The van der Waals surface area contributed by atoms with Crippen molar-refractivity contribution in [1.82, 2.24) is 14.5 Å². The normalized spacial score (nSPS) is 18.5. The van der Waals surface area contributed by atoms with Gasteiger partial charge in [-0.15, -0.1) is 0 Å². The van der Waals surface area contributed by atoms with Crippen molar-refractivity contribution < 1.29 is 18.7 Å². The largest absolute Gasteiger partial charge is 0.476 e. The Balaban J connectivity index is 1.64. The number of hydrogen-bond donors (Lipinski definition) is 2. The van der Waals surface area contributed by atoms with Crippen LogP contribution in [0.3, 0.4) is 0 Å². The van der Waals surface area contributed by atoms with Crippen LogP contribution in [0.1, 0.15) is 66.6 Å². The van der Waals surface area contributed by atoms with Crippen LogP contribution < -0.4 is 10.9 Å². The van der Waals surface area contributed by atoms with Gasteiger partial charge in [-0.05, 0) is 43.5 Å². The van der Waals surface area contributed by atoms with Gasteiger partial charge < -0.3 is 10.4 Å². The number of aryl methyl sites for hydroxylation is 1. The van der Waals surface area contributed by atoms with Gasteiger partial charge in [-0.1, -0.05) is 24.6 Å². The maximum atomic E-state index is 13.8. The highest BCUT2D eigenvalue weighted by molar-refractivity contribution is 6.29. The number of benzene rings is 1. The zero-order valence-electron chi connectivity index (χ0n) is 18.7. The van der Waals surface area contributed by atoms with Gasteiger partial charge in [0.05, 0.1) is 22.6 Å². The number of alkyl halides is 2. The zero-order valence-corrected chi connectivity index (χ0v) is 19.4. The molecule has 178 valence electrons. The highest BCUT2D eigenvalue weighted by Crippen LogP contribution is 2.57. The molecule has 2 aromatic heterocycles. The molecule has 0 unspecified atom stereocenters. The summed E-state index contributed by atoms with van der Waals surface area (Å²) >= 11 is 5.87. The number of aromatic carboxylic acids is 1. The molecule has 0 bridgehead atoms. The van der Waals surface area contributed by atoms with E-state index in [4.69, 9.17) is 16.6 Å². The Hall–Kier alpha value is -3.07. The van der Waals surface area contributed by atoms with E-state index in [-0.39, 0.29) is 34.9 Å². The van der Waals surface area contributed by atoms with Gasteiger partial charge in [0, 0.05) is 30.4 Å². The van der Waals surface area contributed by atoms with E-state index in [0.717, 1.165) is 5.56 Å². The first-order valence-electron chi connectivity index (χ1n) is 11.2. The van der Waals surface area contributed by atoms with Crippen molar-refractivity contribution in [2.45, 2.75) is 63.5 Å². The van der Waals surface area contributed by atoms with E-state index in [1.807, 2.05) is 19.9 Å². The molecular formula is C24H23ClF2N4O3. The monoisotopic (exact) mass is 488 g/mol. The minimum atomic E-state index is -2.74. The van der Waals surface area contributed by atoms with Gasteiger partial charge in [0.25, 0.3) is 5.56 Å². The smallest absolute Gasteiger partial charge is 0.356 e. The maximum Gasteiger partial charge on any atom is 0.356 e. The van der Waals surface area contributed by atoms with Gasteiger partial charge in [0.15, 0.2) is 5.69 Å². The number of carbonyl (C=O) groups is 1. The molecule has 3 heterocycles. The van der Waals surface area contributed by atoms with Gasteiger partial charge >= 0.3 is 5.97 Å². The average molecular weight is 489 g/mol. The Morgan fingerprint density at radius 1 is 1.29 bits per heavy atom. The number of nitrogens with one attached hydrogen (secondary N) is 1. The molecule has 10 heteroatoms. The molecule has 1 aliphatic heterocycles. The van der Waals surface area contributed by atoms with Crippen molar-refractivity contribution in [3.8, 4) is 0 Å². The Labute approximate surface area is 198 Å². The zero-order chi connectivity index (χ0) is 24.4. The van der Waals surface area contributed by atoms with Crippen molar-refractivity contribution in [3.05, 3.63) is 62.4 Å². The first kappa shape index (κ1) is 22.7. The number of aromatic nitrogens is 3. The molecule has 2 aliphatic rings. The molecule has 1 aliphatic carbocycles. The Kier molecular flexibility index (Phi) is 5.16. The molecule has 0 amide bonds. The molecule has 34 heavy (non-hydrogen) atoms. The lowest BCUT2D eigenvalue weighted by atomic mass is 9.65. The van der Waals surface area contributed by atoms with Gasteiger partial charge in [-0.25, -0.2) is 23.5 Å². The number of carboxylic acid groups (broad SMARTS) is 1. The second-order valence-corrected chi connectivity index (χ2v) is 9.66. The molecule has 5 rings (SSSR count). The quantitative estimate of drug-likeness (QED) is 0.493. The molecule has 1 saturated carbocycles. The summed E-state index contributed by atoms with van der Waals surface area (Å²) in [6.07, 6.45) is 0.554. The number of halogens is 3. The van der Waals surface area contributed by atoms with E-state index in [1.54, 1.807) is 10.6 Å². The van der Waals surface area contributed by atoms with Crippen LogP contribution >= 0.6 is 11.6 Å². The second-order valence-electron chi connectivity index (χ2n) is 9.27. The summed E-state index contributed by atoms with van der Waals surface area (Å²) in [5, 5.41) is 13.2. The maximum absolute atomic E-state index is 13.8. The van der Waals surface area contributed by atoms with Crippen LogP contribution in [-0.4, -0.2) is 31.5 Å². The van der Waals surface area contributed by atoms with Crippen LogP contribution in [-0.2, 0) is 18.4 Å². The molecule has 1 aromatic carbocycles. The summed E-state index contributed by atoms with van der Waals surface area (Å²) in [5.74, 6) is -3.54. The minimum Gasteiger partial charge on any atom is -0.476 e. The molecular weight excluding hydrogens is 466 g/mol. The van der Waals surface area contributed by atoms with Crippen LogP contribution in [0.25, 0.3) is 10.9 Å².